The highest BCUT2D eigenvalue weighted by Crippen LogP contribution is 2.41. The lowest BCUT2D eigenvalue weighted by Gasteiger charge is -2.38. The molecule has 1 fully saturated rings. The summed E-state index contributed by atoms with van der Waals surface area (Å²) in [6.07, 6.45) is 4.55. The molecule has 1 atom stereocenters. The van der Waals surface area contributed by atoms with Crippen LogP contribution < -0.4 is 0 Å². The average Bonchev–Trinajstić information content (AvgIpc) is 3.32. The maximum absolute atomic E-state index is 12.9. The molecule has 4 aromatic carbocycles. The standard InChI is InChI=1S/C34H35NO2/c36-33-25-24-32(35(33)26-14-13-17-28-15-5-1-6-16-28)27-37-34(29-18-7-2-8-19-29,30-20-9-3-10-21-30)31-22-11-4-12-23-31/h1-12,15-16,18-23,32H,13-14,17,24-27H2/t32-/m0/s1. The predicted octanol–water partition coefficient (Wildman–Crippen LogP) is 7.01. The van der Waals surface area contributed by atoms with Crippen LogP contribution in [0.25, 0.3) is 0 Å². The lowest BCUT2D eigenvalue weighted by molar-refractivity contribution is -0.130. The zero-order valence-electron chi connectivity index (χ0n) is 21.3. The molecule has 188 valence electrons. The molecule has 3 heteroatoms. The van der Waals surface area contributed by atoms with E-state index >= 15 is 0 Å². The molecule has 0 saturated carbocycles. The average molecular weight is 490 g/mol. The minimum atomic E-state index is -0.756. The van der Waals surface area contributed by atoms with E-state index in [1.807, 2.05) is 18.2 Å². The van der Waals surface area contributed by atoms with Gasteiger partial charge in [0.25, 0.3) is 0 Å². The summed E-state index contributed by atoms with van der Waals surface area (Å²) in [6, 6.07) is 42.0. The van der Waals surface area contributed by atoms with Crippen LogP contribution in [-0.4, -0.2) is 30.0 Å². The Bertz CT molecular complexity index is 1150. The van der Waals surface area contributed by atoms with Gasteiger partial charge in [0.2, 0.25) is 5.91 Å². The molecule has 0 bridgehead atoms. The van der Waals surface area contributed by atoms with E-state index in [0.717, 1.165) is 48.9 Å². The van der Waals surface area contributed by atoms with Crippen LogP contribution in [0.3, 0.4) is 0 Å². The highest BCUT2D eigenvalue weighted by atomic mass is 16.5. The van der Waals surface area contributed by atoms with Crippen molar-refractivity contribution < 1.29 is 9.53 Å². The third-order valence-corrected chi connectivity index (χ3v) is 7.44. The Morgan fingerprint density at radius 2 is 1.16 bits per heavy atom. The number of hydrogen-bond acceptors (Lipinski definition) is 2. The summed E-state index contributed by atoms with van der Waals surface area (Å²) in [6.45, 7) is 1.28. The van der Waals surface area contributed by atoms with Crippen molar-refractivity contribution in [2.45, 2.75) is 43.7 Å². The van der Waals surface area contributed by atoms with Gasteiger partial charge in [-0.25, -0.2) is 0 Å². The van der Waals surface area contributed by atoms with Gasteiger partial charge in [0.15, 0.2) is 0 Å². The van der Waals surface area contributed by atoms with Gasteiger partial charge < -0.3 is 9.64 Å². The van der Waals surface area contributed by atoms with Crippen LogP contribution in [0.4, 0.5) is 0 Å². The van der Waals surface area contributed by atoms with Gasteiger partial charge >= 0.3 is 0 Å². The van der Waals surface area contributed by atoms with Gasteiger partial charge in [0.1, 0.15) is 5.60 Å². The summed E-state index contributed by atoms with van der Waals surface area (Å²) in [5.41, 5.74) is 3.87. The second kappa shape index (κ2) is 12.0. The number of aryl methyl sites for hydroxylation is 1. The van der Waals surface area contributed by atoms with Crippen LogP contribution in [0, 0.1) is 0 Å². The molecule has 0 spiro atoms. The molecule has 0 aromatic heterocycles. The maximum atomic E-state index is 12.9. The fourth-order valence-electron chi connectivity index (χ4n) is 5.52. The molecule has 0 radical (unpaired) electrons. The largest absolute Gasteiger partial charge is 0.359 e. The van der Waals surface area contributed by atoms with Gasteiger partial charge in [0, 0.05) is 13.0 Å². The molecule has 5 rings (SSSR count). The monoisotopic (exact) mass is 489 g/mol. The Morgan fingerprint density at radius 3 is 1.68 bits per heavy atom. The summed E-state index contributed by atoms with van der Waals surface area (Å²) >= 11 is 0. The normalized spacial score (nSPS) is 15.7. The molecular weight excluding hydrogens is 454 g/mol. The highest BCUT2D eigenvalue weighted by molar-refractivity contribution is 5.78. The number of likely N-dealkylation sites (tertiary alicyclic amines) is 1. The number of nitrogens with zero attached hydrogens (tertiary/aromatic N) is 1. The number of hydrogen-bond donors (Lipinski definition) is 0. The smallest absolute Gasteiger partial charge is 0.222 e. The van der Waals surface area contributed by atoms with E-state index in [1.165, 1.54) is 5.56 Å². The van der Waals surface area contributed by atoms with Crippen molar-refractivity contribution >= 4 is 5.91 Å². The highest BCUT2D eigenvalue weighted by Gasteiger charge is 2.40. The molecule has 0 unspecified atom stereocenters. The quantitative estimate of drug-likeness (QED) is 0.168. The lowest BCUT2D eigenvalue weighted by atomic mass is 9.80. The van der Waals surface area contributed by atoms with Crippen LogP contribution in [0.5, 0.6) is 0 Å². The zero-order chi connectivity index (χ0) is 25.3. The van der Waals surface area contributed by atoms with Gasteiger partial charge in [-0.15, -0.1) is 0 Å². The Morgan fingerprint density at radius 1 is 0.676 bits per heavy atom. The second-order valence-corrected chi connectivity index (χ2v) is 9.81. The van der Waals surface area contributed by atoms with Gasteiger partial charge in [-0.3, -0.25) is 4.79 Å². The van der Waals surface area contributed by atoms with Crippen molar-refractivity contribution in [1.29, 1.82) is 0 Å². The molecule has 1 heterocycles. The topological polar surface area (TPSA) is 29.5 Å². The molecule has 3 nitrogen and oxygen atoms in total. The van der Waals surface area contributed by atoms with Gasteiger partial charge in [-0.05, 0) is 47.9 Å². The first-order chi connectivity index (χ1) is 18.3. The summed E-state index contributed by atoms with van der Waals surface area (Å²) in [4.78, 5) is 14.9. The summed E-state index contributed by atoms with van der Waals surface area (Å²) in [5.74, 6) is 0.248. The number of rotatable bonds is 11. The number of carbonyl (C=O) groups is 1. The fraction of sp³-hybridized carbons (Fsp3) is 0.265. The van der Waals surface area contributed by atoms with Crippen molar-refractivity contribution in [3.05, 3.63) is 144 Å². The van der Waals surface area contributed by atoms with Gasteiger partial charge in [0.05, 0.1) is 12.6 Å². The molecule has 37 heavy (non-hydrogen) atoms. The molecular formula is C34H35NO2. The van der Waals surface area contributed by atoms with E-state index in [-0.39, 0.29) is 11.9 Å². The maximum Gasteiger partial charge on any atom is 0.222 e. The zero-order valence-corrected chi connectivity index (χ0v) is 21.3. The van der Waals surface area contributed by atoms with E-state index in [1.54, 1.807) is 0 Å². The third kappa shape index (κ3) is 5.68. The van der Waals surface area contributed by atoms with Gasteiger partial charge in [-0.2, -0.15) is 0 Å². The molecule has 1 aliphatic rings. The molecule has 0 aliphatic carbocycles. The number of ether oxygens (including phenoxy) is 1. The number of amides is 1. The van der Waals surface area contributed by atoms with E-state index in [2.05, 4.69) is 108 Å². The van der Waals surface area contributed by atoms with E-state index in [4.69, 9.17) is 4.74 Å². The SMILES string of the molecule is O=C1CC[C@@H](COC(c2ccccc2)(c2ccccc2)c2ccccc2)N1CCCCc1ccccc1. The summed E-state index contributed by atoms with van der Waals surface area (Å²) in [7, 11) is 0. The summed E-state index contributed by atoms with van der Waals surface area (Å²) in [5, 5.41) is 0. The minimum Gasteiger partial charge on any atom is -0.359 e. The van der Waals surface area contributed by atoms with E-state index in [9.17, 15) is 4.79 Å². The fourth-order valence-corrected chi connectivity index (χ4v) is 5.52. The number of benzene rings is 4. The first-order valence-corrected chi connectivity index (χ1v) is 13.4. The van der Waals surface area contributed by atoms with Crippen LogP contribution in [-0.2, 0) is 21.6 Å². The Labute approximate surface area is 220 Å². The molecule has 4 aromatic rings. The van der Waals surface area contributed by atoms with Crippen molar-refractivity contribution in [3.8, 4) is 0 Å². The second-order valence-electron chi connectivity index (χ2n) is 9.81. The molecule has 1 saturated heterocycles. The number of carbonyl (C=O) groups excluding carboxylic acids is 1. The van der Waals surface area contributed by atoms with Crippen molar-refractivity contribution in [2.75, 3.05) is 13.2 Å². The Hall–Kier alpha value is -3.69. The van der Waals surface area contributed by atoms with Crippen molar-refractivity contribution in [3.63, 3.8) is 0 Å². The predicted molar refractivity (Wildman–Crippen MR) is 149 cm³/mol. The number of unbranched alkanes of at least 4 members (excludes halogenated alkanes) is 1. The van der Waals surface area contributed by atoms with Crippen LogP contribution in [0.2, 0.25) is 0 Å². The Balaban J connectivity index is 1.37. The van der Waals surface area contributed by atoms with Crippen molar-refractivity contribution in [2.24, 2.45) is 0 Å². The van der Waals surface area contributed by atoms with Crippen molar-refractivity contribution in [1.82, 2.24) is 4.90 Å². The Kier molecular flexibility index (Phi) is 8.12. The lowest BCUT2D eigenvalue weighted by Crippen LogP contribution is -2.41. The molecule has 0 N–H and O–H groups in total. The van der Waals surface area contributed by atoms with Crippen LogP contribution >= 0.6 is 0 Å². The summed E-state index contributed by atoms with van der Waals surface area (Å²) < 4.78 is 7.03. The third-order valence-electron chi connectivity index (χ3n) is 7.44. The van der Waals surface area contributed by atoms with E-state index in [0.29, 0.717) is 13.0 Å². The first kappa shape index (κ1) is 25.0. The molecule has 1 aliphatic heterocycles. The van der Waals surface area contributed by atoms with E-state index < -0.39 is 5.60 Å². The minimum absolute atomic E-state index is 0.0831. The van der Waals surface area contributed by atoms with Crippen LogP contribution in [0.15, 0.2) is 121 Å². The van der Waals surface area contributed by atoms with Gasteiger partial charge in [-0.1, -0.05) is 121 Å². The molecule has 1 amide bonds. The first-order valence-electron chi connectivity index (χ1n) is 13.4. The van der Waals surface area contributed by atoms with Crippen LogP contribution in [0.1, 0.15) is 47.9 Å².